The van der Waals surface area contributed by atoms with Gasteiger partial charge < -0.3 is 10.1 Å². The Hall–Kier alpha value is -1.39. The van der Waals surface area contributed by atoms with Gasteiger partial charge >= 0.3 is 0 Å². The molecule has 2 rings (SSSR count). The van der Waals surface area contributed by atoms with Gasteiger partial charge in [-0.05, 0) is 71.2 Å². The van der Waals surface area contributed by atoms with Crippen LogP contribution in [0.15, 0.2) is 34.8 Å². The minimum atomic E-state index is -0.254. The van der Waals surface area contributed by atoms with Crippen molar-refractivity contribution in [3.8, 4) is 5.75 Å². The summed E-state index contributed by atoms with van der Waals surface area (Å²) < 4.78 is 19.3. The Morgan fingerprint density at radius 3 is 2.19 bits per heavy atom. The predicted molar refractivity (Wildman–Crippen MR) is 87.5 cm³/mol. The van der Waals surface area contributed by atoms with E-state index in [1.807, 2.05) is 27.0 Å². The van der Waals surface area contributed by atoms with Crippen molar-refractivity contribution >= 4 is 15.9 Å². The monoisotopic (exact) mass is 351 g/mol. The topological polar surface area (TPSA) is 21.3 Å². The molecule has 0 heterocycles. The Bertz CT molecular complexity index is 634. The molecule has 1 unspecified atom stereocenters. The molecular formula is C17H19BrFNO. The summed E-state index contributed by atoms with van der Waals surface area (Å²) >= 11 is 3.25. The lowest BCUT2D eigenvalue weighted by atomic mass is 9.95. The van der Waals surface area contributed by atoms with Gasteiger partial charge in [0.2, 0.25) is 0 Å². The molecule has 0 radical (unpaired) electrons. The molecule has 0 aliphatic heterocycles. The Balaban J connectivity index is 2.48. The second-order valence-electron chi connectivity index (χ2n) is 5.08. The SMILES string of the molecule is CNC(c1cc(C)c(OC)c(C)c1)c1ccc(F)c(Br)c1. The highest BCUT2D eigenvalue weighted by Gasteiger charge is 2.16. The zero-order valence-corrected chi connectivity index (χ0v) is 14.2. The second kappa shape index (κ2) is 6.58. The van der Waals surface area contributed by atoms with Crippen molar-refractivity contribution in [1.82, 2.24) is 5.32 Å². The van der Waals surface area contributed by atoms with E-state index in [1.165, 1.54) is 6.07 Å². The van der Waals surface area contributed by atoms with Crippen LogP contribution in [0.25, 0.3) is 0 Å². The smallest absolute Gasteiger partial charge is 0.137 e. The lowest BCUT2D eigenvalue weighted by Gasteiger charge is -2.20. The molecule has 1 atom stereocenters. The van der Waals surface area contributed by atoms with E-state index in [0.29, 0.717) is 4.47 Å². The zero-order valence-electron chi connectivity index (χ0n) is 12.6. The van der Waals surface area contributed by atoms with Crippen molar-refractivity contribution in [2.24, 2.45) is 0 Å². The Kier molecular flexibility index (Phi) is 5.01. The van der Waals surface area contributed by atoms with Gasteiger partial charge in [-0.1, -0.05) is 18.2 Å². The van der Waals surface area contributed by atoms with Crippen LogP contribution in [-0.4, -0.2) is 14.2 Å². The number of ether oxygens (including phenoxy) is 1. The summed E-state index contributed by atoms with van der Waals surface area (Å²) in [5.74, 6) is 0.657. The van der Waals surface area contributed by atoms with Gasteiger partial charge in [-0.25, -0.2) is 4.39 Å². The van der Waals surface area contributed by atoms with Crippen molar-refractivity contribution in [2.45, 2.75) is 19.9 Å². The summed E-state index contributed by atoms with van der Waals surface area (Å²) in [6.45, 7) is 4.06. The first-order valence-corrected chi connectivity index (χ1v) is 7.54. The Morgan fingerprint density at radius 1 is 1.10 bits per heavy atom. The number of benzene rings is 2. The van der Waals surface area contributed by atoms with Gasteiger partial charge in [-0.3, -0.25) is 0 Å². The molecule has 2 aromatic rings. The Labute approximate surface area is 133 Å². The average molecular weight is 352 g/mol. The highest BCUT2D eigenvalue weighted by atomic mass is 79.9. The van der Waals surface area contributed by atoms with E-state index in [4.69, 9.17) is 4.74 Å². The molecule has 112 valence electrons. The van der Waals surface area contributed by atoms with Crippen LogP contribution >= 0.6 is 15.9 Å². The maximum Gasteiger partial charge on any atom is 0.137 e. The molecule has 1 N–H and O–H groups in total. The van der Waals surface area contributed by atoms with E-state index in [-0.39, 0.29) is 11.9 Å². The summed E-state index contributed by atoms with van der Waals surface area (Å²) in [4.78, 5) is 0. The van der Waals surface area contributed by atoms with Gasteiger partial charge in [0.05, 0.1) is 17.6 Å². The minimum Gasteiger partial charge on any atom is -0.496 e. The van der Waals surface area contributed by atoms with E-state index >= 15 is 0 Å². The van der Waals surface area contributed by atoms with Crippen molar-refractivity contribution in [1.29, 1.82) is 0 Å². The zero-order chi connectivity index (χ0) is 15.6. The second-order valence-corrected chi connectivity index (χ2v) is 5.94. The predicted octanol–water partition coefficient (Wildman–Crippen LogP) is 4.52. The number of nitrogens with one attached hydrogen (secondary N) is 1. The molecule has 0 saturated carbocycles. The van der Waals surface area contributed by atoms with Crippen LogP contribution in [0, 0.1) is 19.7 Å². The molecule has 2 aromatic carbocycles. The largest absolute Gasteiger partial charge is 0.496 e. The molecule has 2 nitrogen and oxygen atoms in total. The lowest BCUT2D eigenvalue weighted by Crippen LogP contribution is -2.18. The Morgan fingerprint density at radius 2 is 1.71 bits per heavy atom. The van der Waals surface area contributed by atoms with Crippen molar-refractivity contribution < 1.29 is 9.13 Å². The van der Waals surface area contributed by atoms with Crippen molar-refractivity contribution in [3.05, 3.63) is 62.9 Å². The molecule has 0 fully saturated rings. The van der Waals surface area contributed by atoms with Gasteiger partial charge in [0.1, 0.15) is 11.6 Å². The summed E-state index contributed by atoms with van der Waals surface area (Å²) in [5, 5.41) is 3.29. The fourth-order valence-electron chi connectivity index (χ4n) is 2.69. The van der Waals surface area contributed by atoms with E-state index in [0.717, 1.165) is 28.0 Å². The maximum absolute atomic E-state index is 13.4. The molecule has 21 heavy (non-hydrogen) atoms. The summed E-state index contributed by atoms with van der Waals surface area (Å²) in [7, 11) is 3.58. The number of hydrogen-bond acceptors (Lipinski definition) is 2. The number of hydrogen-bond donors (Lipinski definition) is 1. The molecule has 0 bridgehead atoms. The molecule has 0 aliphatic carbocycles. The van der Waals surface area contributed by atoms with Crippen LogP contribution in [0.2, 0.25) is 0 Å². The maximum atomic E-state index is 13.4. The molecule has 0 saturated heterocycles. The fourth-order valence-corrected chi connectivity index (χ4v) is 3.09. The number of aryl methyl sites for hydroxylation is 2. The third-order valence-corrected chi connectivity index (χ3v) is 4.19. The summed E-state index contributed by atoms with van der Waals surface area (Å²) in [5.41, 5.74) is 4.32. The molecule has 0 spiro atoms. The normalized spacial score (nSPS) is 12.3. The first-order chi connectivity index (χ1) is 9.97. The van der Waals surface area contributed by atoms with E-state index in [9.17, 15) is 4.39 Å². The lowest BCUT2D eigenvalue weighted by molar-refractivity contribution is 0.408. The molecule has 0 aliphatic rings. The summed E-state index contributed by atoms with van der Waals surface area (Å²) in [6.07, 6.45) is 0. The first-order valence-electron chi connectivity index (χ1n) is 6.75. The van der Waals surface area contributed by atoms with Crippen LogP contribution < -0.4 is 10.1 Å². The van der Waals surface area contributed by atoms with E-state index in [1.54, 1.807) is 13.2 Å². The molecular weight excluding hydrogens is 333 g/mol. The van der Waals surface area contributed by atoms with Gasteiger partial charge in [-0.2, -0.15) is 0 Å². The first kappa shape index (κ1) is 16.0. The number of methoxy groups -OCH3 is 1. The molecule has 0 amide bonds. The van der Waals surface area contributed by atoms with Crippen LogP contribution in [-0.2, 0) is 0 Å². The van der Waals surface area contributed by atoms with Crippen LogP contribution in [0.5, 0.6) is 5.75 Å². The third-order valence-electron chi connectivity index (χ3n) is 3.59. The summed E-state index contributed by atoms with van der Waals surface area (Å²) in [6, 6.07) is 9.30. The average Bonchev–Trinajstić information content (AvgIpc) is 2.43. The quantitative estimate of drug-likeness (QED) is 0.873. The minimum absolute atomic E-state index is 0.00482. The number of rotatable bonds is 4. The molecule has 4 heteroatoms. The third kappa shape index (κ3) is 3.27. The van der Waals surface area contributed by atoms with Crippen LogP contribution in [0.3, 0.4) is 0 Å². The van der Waals surface area contributed by atoms with Crippen molar-refractivity contribution in [2.75, 3.05) is 14.2 Å². The highest BCUT2D eigenvalue weighted by molar-refractivity contribution is 9.10. The van der Waals surface area contributed by atoms with Crippen LogP contribution in [0.1, 0.15) is 28.3 Å². The molecule has 0 aromatic heterocycles. The van der Waals surface area contributed by atoms with Crippen LogP contribution in [0.4, 0.5) is 4.39 Å². The van der Waals surface area contributed by atoms with E-state index in [2.05, 4.69) is 33.4 Å². The van der Waals surface area contributed by atoms with E-state index < -0.39 is 0 Å². The van der Waals surface area contributed by atoms with Gasteiger partial charge in [0.25, 0.3) is 0 Å². The van der Waals surface area contributed by atoms with Gasteiger partial charge in [0.15, 0.2) is 0 Å². The highest BCUT2D eigenvalue weighted by Crippen LogP contribution is 2.31. The fraction of sp³-hybridized carbons (Fsp3) is 0.294. The van der Waals surface area contributed by atoms with Gasteiger partial charge in [-0.15, -0.1) is 0 Å². The van der Waals surface area contributed by atoms with Crippen molar-refractivity contribution in [3.63, 3.8) is 0 Å². The standard InChI is InChI=1S/C17H19BrFNO/c1-10-7-13(8-11(2)17(10)21-4)16(20-3)12-5-6-15(19)14(18)9-12/h5-9,16,20H,1-4H3. The number of halogens is 2. The van der Waals surface area contributed by atoms with Gasteiger partial charge in [0, 0.05) is 0 Å².